The predicted molar refractivity (Wildman–Crippen MR) is 148 cm³/mol. The van der Waals surface area contributed by atoms with E-state index in [1.165, 1.54) is 70.3 Å². The van der Waals surface area contributed by atoms with Crippen LogP contribution in [0.5, 0.6) is 0 Å². The molecular weight excluding hydrogens is 420 g/mol. The molecule has 1 unspecified atom stereocenters. The number of Topliss-reactive ketones (excluding diaryl/α,β-unsaturated/α-hetero) is 1. The van der Waals surface area contributed by atoms with Crippen LogP contribution in [0.4, 0.5) is 0 Å². The van der Waals surface area contributed by atoms with E-state index in [9.17, 15) is 4.79 Å². The number of ketones is 1. The van der Waals surface area contributed by atoms with Gasteiger partial charge in [-0.25, -0.2) is 0 Å². The van der Waals surface area contributed by atoms with Crippen LogP contribution in [0.15, 0.2) is 16.9 Å². The van der Waals surface area contributed by atoms with Crippen molar-refractivity contribution < 1.29 is 4.79 Å². The van der Waals surface area contributed by atoms with Gasteiger partial charge in [-0.3, -0.25) is 9.79 Å². The van der Waals surface area contributed by atoms with Crippen molar-refractivity contribution >= 4 is 11.6 Å². The molecule has 5 heteroatoms. The molecule has 0 amide bonds. The number of piperidine rings is 1. The smallest absolute Gasteiger partial charge is 0.157 e. The van der Waals surface area contributed by atoms with Gasteiger partial charge in [0.25, 0.3) is 0 Å². The fraction of sp³-hybridized carbons (Fsp3) is 0.862. The first kappa shape index (κ1) is 30.5. The number of allylic oxidation sites excluding steroid dienone is 1. The number of nitrogens with zero attached hydrogens (tertiary/aromatic N) is 2. The SMILES string of the molecule is CC/C=C(/NC1CCCCC1)N1CCC(CC)CC1.CCCC(N)=NC(C)(CC(C)C)C(C)=O. The standard InChI is InChI=1S/C17H32N2.C12H24N2O/c1-3-8-17(18-16-9-6-5-7-10-16)19-13-11-15(4-2)12-14-19;1-6-7-11(13)14-12(5,10(4)15)8-9(2)3/h8,15-16,18H,3-7,9-14H2,1-2H3;9H,6-8H2,1-5H3,(H2,13,14)/b17-8-;. The number of carbonyl (C=O) groups excluding carboxylic acids is 1. The van der Waals surface area contributed by atoms with Crippen molar-refractivity contribution in [1.82, 2.24) is 10.2 Å². The minimum atomic E-state index is -0.632. The summed E-state index contributed by atoms with van der Waals surface area (Å²) in [5.41, 5.74) is 5.15. The number of rotatable bonds is 11. The monoisotopic (exact) mass is 476 g/mol. The molecular formula is C29H56N4O. The number of likely N-dealkylation sites (tertiary alicyclic amines) is 1. The summed E-state index contributed by atoms with van der Waals surface area (Å²) in [5, 5.41) is 3.85. The Hall–Kier alpha value is -1.52. The predicted octanol–water partition coefficient (Wildman–Crippen LogP) is 6.82. The first-order valence-electron chi connectivity index (χ1n) is 14.2. The molecule has 1 aliphatic heterocycles. The third-order valence-corrected chi connectivity index (χ3v) is 7.35. The first-order valence-corrected chi connectivity index (χ1v) is 14.2. The van der Waals surface area contributed by atoms with E-state index >= 15 is 0 Å². The van der Waals surface area contributed by atoms with E-state index in [2.05, 4.69) is 55.9 Å². The number of aliphatic imine (C=N–C) groups is 1. The number of amidine groups is 1. The van der Waals surface area contributed by atoms with Crippen molar-refractivity contribution in [2.75, 3.05) is 13.1 Å². The molecule has 0 aromatic heterocycles. The van der Waals surface area contributed by atoms with Crippen LogP contribution in [0.1, 0.15) is 126 Å². The van der Waals surface area contributed by atoms with Gasteiger partial charge in [-0.2, -0.15) is 0 Å². The first-order chi connectivity index (χ1) is 16.1. The minimum absolute atomic E-state index is 0.0928. The largest absolute Gasteiger partial charge is 0.387 e. The van der Waals surface area contributed by atoms with Gasteiger partial charge >= 0.3 is 0 Å². The van der Waals surface area contributed by atoms with Gasteiger partial charge in [-0.15, -0.1) is 0 Å². The Morgan fingerprint density at radius 1 is 1.12 bits per heavy atom. The minimum Gasteiger partial charge on any atom is -0.387 e. The zero-order valence-electron chi connectivity index (χ0n) is 23.6. The molecule has 1 saturated carbocycles. The van der Waals surface area contributed by atoms with Crippen LogP contribution >= 0.6 is 0 Å². The molecule has 0 aromatic rings. The number of nitrogens with one attached hydrogen (secondary N) is 1. The van der Waals surface area contributed by atoms with Gasteiger partial charge in [0.15, 0.2) is 5.78 Å². The van der Waals surface area contributed by atoms with E-state index in [0.717, 1.165) is 37.6 Å². The Bertz CT molecular complexity index is 628. The van der Waals surface area contributed by atoms with Crippen molar-refractivity contribution in [3.05, 3.63) is 11.9 Å². The summed E-state index contributed by atoms with van der Waals surface area (Å²) in [6, 6.07) is 0.732. The number of carbonyl (C=O) groups is 1. The number of nitrogens with two attached hydrogens (primary N) is 1. The van der Waals surface area contributed by atoms with Crippen LogP contribution in [0.3, 0.4) is 0 Å². The molecule has 0 bridgehead atoms. The van der Waals surface area contributed by atoms with E-state index in [-0.39, 0.29) is 5.78 Å². The van der Waals surface area contributed by atoms with E-state index in [1.54, 1.807) is 6.92 Å². The summed E-state index contributed by atoms with van der Waals surface area (Å²) < 4.78 is 0. The Labute approximate surface area is 211 Å². The Balaban J connectivity index is 0.000000352. The third-order valence-electron chi connectivity index (χ3n) is 7.35. The lowest BCUT2D eigenvalue weighted by Gasteiger charge is -2.37. The summed E-state index contributed by atoms with van der Waals surface area (Å²) in [4.78, 5) is 18.6. The molecule has 34 heavy (non-hydrogen) atoms. The molecule has 1 saturated heterocycles. The summed E-state index contributed by atoms with van der Waals surface area (Å²) in [5.74, 6) is 3.53. The maximum Gasteiger partial charge on any atom is 0.157 e. The molecule has 2 fully saturated rings. The molecule has 2 aliphatic rings. The Morgan fingerprint density at radius 2 is 1.74 bits per heavy atom. The molecule has 0 spiro atoms. The lowest BCUT2D eigenvalue weighted by molar-refractivity contribution is -0.121. The molecule has 198 valence electrons. The maximum atomic E-state index is 11.6. The van der Waals surface area contributed by atoms with Gasteiger partial charge < -0.3 is 16.0 Å². The zero-order chi connectivity index (χ0) is 25.6. The second kappa shape index (κ2) is 16.2. The van der Waals surface area contributed by atoms with E-state index in [0.29, 0.717) is 11.8 Å². The van der Waals surface area contributed by atoms with Crippen molar-refractivity contribution in [3.63, 3.8) is 0 Å². The lowest BCUT2D eigenvalue weighted by atomic mass is 9.88. The molecule has 2 rings (SSSR count). The van der Waals surface area contributed by atoms with Crippen LogP contribution < -0.4 is 11.1 Å². The molecule has 3 N–H and O–H groups in total. The van der Waals surface area contributed by atoms with E-state index < -0.39 is 5.54 Å². The topological polar surface area (TPSA) is 70.7 Å². The van der Waals surface area contributed by atoms with Crippen LogP contribution in [-0.4, -0.2) is 41.2 Å². The van der Waals surface area contributed by atoms with Gasteiger partial charge in [0.05, 0.1) is 11.7 Å². The highest BCUT2D eigenvalue weighted by Gasteiger charge is 2.30. The third kappa shape index (κ3) is 11.3. The maximum absolute atomic E-state index is 11.6. The summed E-state index contributed by atoms with van der Waals surface area (Å²) in [6.45, 7) is 16.8. The van der Waals surface area contributed by atoms with Crippen LogP contribution in [0, 0.1) is 11.8 Å². The summed E-state index contributed by atoms with van der Waals surface area (Å²) >= 11 is 0. The second-order valence-corrected chi connectivity index (χ2v) is 11.1. The molecule has 0 aromatic carbocycles. The average molecular weight is 477 g/mol. The summed E-state index contributed by atoms with van der Waals surface area (Å²) in [7, 11) is 0. The normalized spacial score (nSPS) is 20.5. The highest BCUT2D eigenvalue weighted by molar-refractivity contribution is 5.90. The highest BCUT2D eigenvalue weighted by atomic mass is 16.1. The second-order valence-electron chi connectivity index (χ2n) is 11.1. The van der Waals surface area contributed by atoms with Crippen molar-refractivity contribution in [2.24, 2.45) is 22.6 Å². The molecule has 1 atom stereocenters. The quantitative estimate of drug-likeness (QED) is 0.253. The van der Waals surface area contributed by atoms with Crippen LogP contribution in [0.25, 0.3) is 0 Å². The molecule has 1 aliphatic carbocycles. The average Bonchev–Trinajstić information content (AvgIpc) is 2.79. The number of hydrogen-bond acceptors (Lipinski definition) is 4. The lowest BCUT2D eigenvalue weighted by Crippen LogP contribution is -2.42. The van der Waals surface area contributed by atoms with Crippen molar-refractivity contribution in [1.29, 1.82) is 0 Å². The molecule has 0 radical (unpaired) electrons. The van der Waals surface area contributed by atoms with Crippen molar-refractivity contribution in [2.45, 2.75) is 137 Å². The van der Waals surface area contributed by atoms with Gasteiger partial charge in [0, 0.05) is 25.6 Å². The molecule has 1 heterocycles. The van der Waals surface area contributed by atoms with Crippen LogP contribution in [-0.2, 0) is 4.79 Å². The number of hydrogen-bond donors (Lipinski definition) is 2. The highest BCUT2D eigenvalue weighted by Crippen LogP contribution is 2.25. The van der Waals surface area contributed by atoms with Gasteiger partial charge in [-0.1, -0.05) is 60.3 Å². The van der Waals surface area contributed by atoms with E-state index in [4.69, 9.17) is 5.73 Å². The van der Waals surface area contributed by atoms with Gasteiger partial charge in [0.2, 0.25) is 0 Å². The summed E-state index contributed by atoms with van der Waals surface area (Å²) in [6.07, 6.45) is 17.1. The fourth-order valence-electron chi connectivity index (χ4n) is 5.20. The van der Waals surface area contributed by atoms with E-state index in [1.807, 2.05) is 6.92 Å². The van der Waals surface area contributed by atoms with Crippen molar-refractivity contribution in [3.8, 4) is 0 Å². The van der Waals surface area contributed by atoms with Gasteiger partial charge in [-0.05, 0) is 76.7 Å². The Morgan fingerprint density at radius 3 is 2.21 bits per heavy atom. The Kier molecular flexibility index (Phi) is 14.5. The van der Waals surface area contributed by atoms with Crippen LogP contribution in [0.2, 0.25) is 0 Å². The molecule has 5 nitrogen and oxygen atoms in total. The fourth-order valence-corrected chi connectivity index (χ4v) is 5.20. The zero-order valence-corrected chi connectivity index (χ0v) is 23.6. The van der Waals surface area contributed by atoms with Gasteiger partial charge in [0.1, 0.15) is 5.54 Å².